The second-order valence-electron chi connectivity index (χ2n) is 4.52. The van der Waals surface area contributed by atoms with Crippen LogP contribution in [0.4, 0.5) is 0 Å². The van der Waals surface area contributed by atoms with Crippen molar-refractivity contribution in [3.8, 4) is 0 Å². The maximum absolute atomic E-state index is 11.9. The number of amides is 2. The first-order chi connectivity index (χ1) is 10.5. The number of nitrogens with zero attached hydrogens (tertiary/aromatic N) is 2. The van der Waals surface area contributed by atoms with Gasteiger partial charge in [0.1, 0.15) is 24.0 Å². The first-order valence-corrected chi connectivity index (χ1v) is 6.17. The lowest BCUT2D eigenvalue weighted by molar-refractivity contribution is -0.0535. The van der Waals surface area contributed by atoms with Crippen LogP contribution in [0.5, 0.6) is 0 Å². The number of ether oxygens (including phenoxy) is 1. The minimum atomic E-state index is -1.45. The Morgan fingerprint density at radius 2 is 1.91 bits per heavy atom. The molecule has 0 bridgehead atoms. The number of nitrogen functional groups attached to an aromatic ring is 2. The molecule has 0 saturated carbocycles. The zero-order valence-electron chi connectivity index (χ0n) is 11.2. The zero-order valence-corrected chi connectivity index (χ0v) is 11.2. The van der Waals surface area contributed by atoms with E-state index >= 15 is 0 Å². The molecule has 0 radical (unpaired) electrons. The van der Waals surface area contributed by atoms with Crippen molar-refractivity contribution >= 4 is 11.8 Å². The monoisotopic (exact) mass is 316 g/mol. The van der Waals surface area contributed by atoms with Crippen molar-refractivity contribution in [2.75, 3.05) is 6.61 Å². The summed E-state index contributed by atoms with van der Waals surface area (Å²) in [5, 5.41) is 28.8. The van der Waals surface area contributed by atoms with E-state index in [1.165, 1.54) is 0 Å². The molecule has 9 N–H and O–H groups in total. The molecule has 22 heavy (non-hydrogen) atoms. The number of aromatic nitrogens is 2. The molecule has 0 aromatic carbocycles. The van der Waals surface area contributed by atoms with Gasteiger partial charge in [0.15, 0.2) is 11.9 Å². The van der Waals surface area contributed by atoms with Crippen LogP contribution < -0.4 is 22.5 Å². The molecule has 1 aliphatic heterocycles. The molecular formula is C10H16N6O6. The fraction of sp³-hybridized carbons (Fsp3) is 0.500. The van der Waals surface area contributed by atoms with Crippen LogP contribution in [0.15, 0.2) is 6.33 Å². The number of nitrogens with one attached hydrogen (secondary N) is 2. The summed E-state index contributed by atoms with van der Waals surface area (Å²) in [7, 11) is 0. The molecule has 4 atom stereocenters. The summed E-state index contributed by atoms with van der Waals surface area (Å²) >= 11 is 0. The molecule has 1 aliphatic rings. The van der Waals surface area contributed by atoms with E-state index < -0.39 is 43.0 Å². The summed E-state index contributed by atoms with van der Waals surface area (Å²) in [6.45, 7) is -0.544. The molecule has 0 spiro atoms. The van der Waals surface area contributed by atoms with Gasteiger partial charge in [0.25, 0.3) is 11.8 Å². The van der Waals surface area contributed by atoms with Crippen LogP contribution >= 0.6 is 0 Å². The Balaban J connectivity index is 2.45. The van der Waals surface area contributed by atoms with Crippen LogP contribution in [0.3, 0.4) is 0 Å². The average molecular weight is 316 g/mol. The first-order valence-electron chi connectivity index (χ1n) is 6.17. The molecule has 12 nitrogen and oxygen atoms in total. The minimum absolute atomic E-state index is 0.319. The van der Waals surface area contributed by atoms with Gasteiger partial charge < -0.3 is 20.1 Å². The van der Waals surface area contributed by atoms with E-state index in [1.807, 2.05) is 10.9 Å². The largest absolute Gasteiger partial charge is 0.394 e. The molecule has 122 valence electrons. The third-order valence-corrected chi connectivity index (χ3v) is 3.28. The minimum Gasteiger partial charge on any atom is -0.394 e. The van der Waals surface area contributed by atoms with Crippen LogP contribution in [-0.4, -0.2) is 61.6 Å². The Labute approximate surface area is 123 Å². The Morgan fingerprint density at radius 3 is 2.41 bits per heavy atom. The van der Waals surface area contributed by atoms with Gasteiger partial charge in [-0.25, -0.2) is 16.7 Å². The summed E-state index contributed by atoms with van der Waals surface area (Å²) < 4.78 is 6.30. The van der Waals surface area contributed by atoms with Gasteiger partial charge in [-0.2, -0.15) is 0 Å². The number of hydrazine groups is 2. The van der Waals surface area contributed by atoms with Crippen molar-refractivity contribution in [3.63, 3.8) is 0 Å². The summed E-state index contributed by atoms with van der Waals surface area (Å²) in [6.07, 6.45) is -4.08. The van der Waals surface area contributed by atoms with Gasteiger partial charge in [0.05, 0.1) is 12.9 Å². The molecule has 2 rings (SSSR count). The topological polar surface area (TPSA) is 198 Å². The maximum Gasteiger partial charge on any atom is 0.286 e. The Kier molecular flexibility index (Phi) is 4.70. The standard InChI is InChI=1S/C10H16N6O6/c11-14-8(20)4-5(9(21)15-12)16(2-13-4)10-7(19)6(18)3(1-17)22-10/h2-3,6-7,10,17-19H,1,11-12H2,(H,14,20)(H,15,21)/t3-,6+,7-,10+/m0/s1. The molecule has 0 unspecified atom stereocenters. The highest BCUT2D eigenvalue weighted by molar-refractivity contribution is 6.04. The molecule has 2 heterocycles. The summed E-state index contributed by atoms with van der Waals surface area (Å²) in [4.78, 5) is 27.2. The quantitative estimate of drug-likeness (QED) is 0.163. The number of carbonyl (C=O) groups is 2. The molecule has 1 aromatic rings. The number of aliphatic hydroxyl groups excluding tert-OH is 3. The number of carbonyl (C=O) groups excluding carboxylic acids is 2. The number of hydrogen-bond donors (Lipinski definition) is 7. The fourth-order valence-corrected chi connectivity index (χ4v) is 2.19. The maximum atomic E-state index is 11.9. The van der Waals surface area contributed by atoms with Crippen LogP contribution in [0.2, 0.25) is 0 Å². The highest BCUT2D eigenvalue weighted by Crippen LogP contribution is 2.30. The normalized spacial score (nSPS) is 27.7. The first kappa shape index (κ1) is 16.3. The van der Waals surface area contributed by atoms with Crippen LogP contribution in [0, 0.1) is 0 Å². The third-order valence-electron chi connectivity index (χ3n) is 3.28. The predicted octanol–water partition coefficient (Wildman–Crippen LogP) is -4.30. The molecule has 1 fully saturated rings. The molecular weight excluding hydrogens is 300 g/mol. The Bertz CT molecular complexity index is 576. The molecule has 1 aromatic heterocycles. The van der Waals surface area contributed by atoms with Crippen molar-refractivity contribution in [2.45, 2.75) is 24.5 Å². The van der Waals surface area contributed by atoms with E-state index in [0.29, 0.717) is 0 Å². The predicted molar refractivity (Wildman–Crippen MR) is 68.5 cm³/mol. The van der Waals surface area contributed by atoms with E-state index in [4.69, 9.17) is 21.5 Å². The van der Waals surface area contributed by atoms with Gasteiger partial charge >= 0.3 is 0 Å². The molecule has 0 aliphatic carbocycles. The highest BCUT2D eigenvalue weighted by atomic mass is 16.6. The number of hydrogen-bond acceptors (Lipinski definition) is 9. The van der Waals surface area contributed by atoms with E-state index in [2.05, 4.69) is 4.98 Å². The van der Waals surface area contributed by atoms with Gasteiger partial charge in [-0.1, -0.05) is 0 Å². The average Bonchev–Trinajstić information content (AvgIpc) is 3.08. The zero-order chi connectivity index (χ0) is 16.4. The summed E-state index contributed by atoms with van der Waals surface area (Å²) in [5.74, 6) is 8.33. The van der Waals surface area contributed by atoms with Gasteiger partial charge in [0, 0.05) is 0 Å². The Hall–Kier alpha value is -2.09. The van der Waals surface area contributed by atoms with E-state index in [1.54, 1.807) is 0 Å². The number of nitrogens with two attached hydrogens (primary N) is 2. The molecule has 2 amide bonds. The summed E-state index contributed by atoms with van der Waals surface area (Å²) in [5.41, 5.74) is 2.98. The number of imidazole rings is 1. The smallest absolute Gasteiger partial charge is 0.286 e. The van der Waals surface area contributed by atoms with E-state index in [-0.39, 0.29) is 11.4 Å². The van der Waals surface area contributed by atoms with Crippen molar-refractivity contribution in [2.24, 2.45) is 11.7 Å². The molecule has 12 heteroatoms. The van der Waals surface area contributed by atoms with Crippen molar-refractivity contribution in [1.29, 1.82) is 0 Å². The highest BCUT2D eigenvalue weighted by Gasteiger charge is 2.45. The fourth-order valence-electron chi connectivity index (χ4n) is 2.19. The van der Waals surface area contributed by atoms with Gasteiger partial charge in [-0.05, 0) is 0 Å². The van der Waals surface area contributed by atoms with E-state index in [9.17, 15) is 19.8 Å². The molecule has 1 saturated heterocycles. The van der Waals surface area contributed by atoms with Crippen LogP contribution in [-0.2, 0) is 4.74 Å². The van der Waals surface area contributed by atoms with Crippen molar-refractivity contribution < 1.29 is 29.6 Å². The Morgan fingerprint density at radius 1 is 1.27 bits per heavy atom. The lowest BCUT2D eigenvalue weighted by Crippen LogP contribution is -2.38. The van der Waals surface area contributed by atoms with Crippen LogP contribution in [0.1, 0.15) is 27.2 Å². The van der Waals surface area contributed by atoms with Crippen molar-refractivity contribution in [3.05, 3.63) is 17.7 Å². The van der Waals surface area contributed by atoms with Gasteiger partial charge in [0.2, 0.25) is 0 Å². The van der Waals surface area contributed by atoms with Crippen molar-refractivity contribution in [1.82, 2.24) is 20.4 Å². The summed E-state index contributed by atoms with van der Waals surface area (Å²) in [6, 6.07) is 0. The number of aliphatic hydroxyl groups is 3. The lowest BCUT2D eigenvalue weighted by atomic mass is 10.1. The van der Waals surface area contributed by atoms with Gasteiger partial charge in [-0.3, -0.25) is 25.0 Å². The SMILES string of the molecule is NNC(=O)c1ncn([C@@H]2O[C@@H](CO)[C@@H](O)[C@@H]2O)c1C(=O)NN. The number of rotatable bonds is 4. The van der Waals surface area contributed by atoms with E-state index in [0.717, 1.165) is 10.9 Å². The van der Waals surface area contributed by atoms with Gasteiger partial charge in [-0.15, -0.1) is 0 Å². The lowest BCUT2D eigenvalue weighted by Gasteiger charge is -2.18. The second-order valence-corrected chi connectivity index (χ2v) is 4.52. The second kappa shape index (κ2) is 6.35. The third kappa shape index (κ3) is 2.54. The van der Waals surface area contributed by atoms with Crippen LogP contribution in [0.25, 0.3) is 0 Å².